The number of benzene rings is 2. The molecule has 242 valence electrons. The summed E-state index contributed by atoms with van der Waals surface area (Å²) in [4.78, 5) is 48.0. The molecule has 0 unspecified atom stereocenters. The van der Waals surface area contributed by atoms with Crippen molar-refractivity contribution in [2.75, 3.05) is 13.1 Å². The largest absolute Gasteiger partial charge is 0.340 e. The zero-order valence-electron chi connectivity index (χ0n) is 27.1. The van der Waals surface area contributed by atoms with E-state index in [0.717, 1.165) is 83.6 Å². The lowest BCUT2D eigenvalue weighted by molar-refractivity contribution is -0.134. The molecule has 0 bridgehead atoms. The second-order valence-electron chi connectivity index (χ2n) is 14.6. The number of carbonyl (C=O) groups is 2. The molecule has 2 N–H and O–H groups in total. The number of nitrogens with one attached hydrogen (secondary N) is 2. The van der Waals surface area contributed by atoms with E-state index in [1.165, 1.54) is 64.2 Å². The Hall–Kier alpha value is -3.68. The van der Waals surface area contributed by atoms with Gasteiger partial charge in [0, 0.05) is 25.9 Å². The third kappa shape index (κ3) is 5.95. The van der Waals surface area contributed by atoms with Crippen molar-refractivity contribution in [3.8, 4) is 11.1 Å². The molecule has 2 atom stereocenters. The summed E-state index contributed by atoms with van der Waals surface area (Å²) in [6.45, 7) is 1.66. The molecule has 2 aliphatic carbocycles. The lowest BCUT2D eigenvalue weighted by Crippen LogP contribution is -2.32. The van der Waals surface area contributed by atoms with Gasteiger partial charge in [0.25, 0.3) is 0 Å². The maximum atomic E-state index is 13.3. The highest BCUT2D eigenvalue weighted by Crippen LogP contribution is 2.37. The van der Waals surface area contributed by atoms with Gasteiger partial charge in [-0.3, -0.25) is 9.59 Å². The molecule has 2 aliphatic heterocycles. The van der Waals surface area contributed by atoms with Gasteiger partial charge in [-0.25, -0.2) is 9.97 Å². The van der Waals surface area contributed by atoms with E-state index in [1.807, 2.05) is 0 Å². The lowest BCUT2D eigenvalue weighted by atomic mass is 9.86. The number of imidazole rings is 2. The molecule has 0 radical (unpaired) electrons. The second-order valence-corrected chi connectivity index (χ2v) is 14.6. The van der Waals surface area contributed by atoms with E-state index in [4.69, 9.17) is 9.97 Å². The van der Waals surface area contributed by atoms with Crippen molar-refractivity contribution in [1.29, 1.82) is 0 Å². The van der Waals surface area contributed by atoms with E-state index in [0.29, 0.717) is 36.5 Å². The molecule has 4 aromatic rings. The molecule has 4 heterocycles. The monoisotopic (exact) mass is 620 g/mol. The maximum Gasteiger partial charge on any atom is 0.223 e. The van der Waals surface area contributed by atoms with Crippen LogP contribution in [0, 0.1) is 11.8 Å². The summed E-state index contributed by atoms with van der Waals surface area (Å²) in [7, 11) is 0. The van der Waals surface area contributed by atoms with Crippen LogP contribution in [0.4, 0.5) is 0 Å². The van der Waals surface area contributed by atoms with E-state index in [2.05, 4.69) is 56.2 Å². The van der Waals surface area contributed by atoms with Crippen LogP contribution in [0.2, 0.25) is 0 Å². The molecule has 4 fully saturated rings. The average molecular weight is 621 g/mol. The van der Waals surface area contributed by atoms with Gasteiger partial charge < -0.3 is 19.8 Å². The highest BCUT2D eigenvalue weighted by molar-refractivity contribution is 5.87. The maximum absolute atomic E-state index is 13.3. The van der Waals surface area contributed by atoms with Crippen LogP contribution in [0.1, 0.15) is 126 Å². The van der Waals surface area contributed by atoms with E-state index < -0.39 is 0 Å². The number of likely N-dealkylation sites (tertiary alicyclic amines) is 2. The Morgan fingerprint density at radius 2 is 1.02 bits per heavy atom. The number of aromatic amines is 2. The molecule has 4 aliphatic rings. The Labute approximate surface area is 271 Å². The Balaban J connectivity index is 0.986. The fourth-order valence-corrected chi connectivity index (χ4v) is 8.94. The number of nitrogens with zero attached hydrogens (tertiary/aromatic N) is 4. The summed E-state index contributed by atoms with van der Waals surface area (Å²) >= 11 is 0. The molecule has 8 rings (SSSR count). The van der Waals surface area contributed by atoms with Gasteiger partial charge in [0.05, 0.1) is 34.2 Å². The fourth-order valence-electron chi connectivity index (χ4n) is 8.94. The van der Waals surface area contributed by atoms with Crippen molar-refractivity contribution in [3.05, 3.63) is 48.0 Å². The molecule has 8 nitrogen and oxygen atoms in total. The van der Waals surface area contributed by atoms with Gasteiger partial charge >= 0.3 is 0 Å². The second kappa shape index (κ2) is 12.8. The zero-order chi connectivity index (χ0) is 31.0. The smallest absolute Gasteiger partial charge is 0.223 e. The quantitative estimate of drug-likeness (QED) is 0.217. The molecular weight excluding hydrogens is 572 g/mol. The van der Waals surface area contributed by atoms with Gasteiger partial charge in [-0.1, -0.05) is 50.7 Å². The van der Waals surface area contributed by atoms with Gasteiger partial charge in [0.15, 0.2) is 0 Å². The number of hydrogen-bond donors (Lipinski definition) is 2. The zero-order valence-corrected chi connectivity index (χ0v) is 27.1. The fraction of sp³-hybridized carbons (Fsp3) is 0.579. The minimum Gasteiger partial charge on any atom is -0.340 e. The van der Waals surface area contributed by atoms with Crippen LogP contribution >= 0.6 is 0 Å². The van der Waals surface area contributed by atoms with Gasteiger partial charge in [-0.15, -0.1) is 0 Å². The van der Waals surface area contributed by atoms with Crippen LogP contribution in [0.25, 0.3) is 33.2 Å². The molecule has 8 heteroatoms. The summed E-state index contributed by atoms with van der Waals surface area (Å²) in [5, 5.41) is 0. The van der Waals surface area contributed by atoms with E-state index in [9.17, 15) is 9.59 Å². The Bertz CT molecular complexity index is 1580. The Kier molecular flexibility index (Phi) is 8.29. The molecule has 2 aromatic heterocycles. The minimum absolute atomic E-state index is 0.0375. The molecular formula is C38H48N6O2. The van der Waals surface area contributed by atoms with Gasteiger partial charge in [0.1, 0.15) is 11.6 Å². The van der Waals surface area contributed by atoms with E-state index in [1.54, 1.807) is 0 Å². The van der Waals surface area contributed by atoms with Crippen molar-refractivity contribution in [2.24, 2.45) is 11.8 Å². The number of hydrogen-bond acceptors (Lipinski definition) is 4. The number of aromatic nitrogens is 4. The predicted molar refractivity (Wildman–Crippen MR) is 181 cm³/mol. The van der Waals surface area contributed by atoms with Crippen LogP contribution in [-0.4, -0.2) is 54.6 Å². The van der Waals surface area contributed by atoms with Crippen molar-refractivity contribution in [1.82, 2.24) is 29.7 Å². The number of amides is 2. The van der Waals surface area contributed by atoms with Crippen LogP contribution in [0.15, 0.2) is 36.4 Å². The standard InChI is InChI=1S/C38H48N6O2/c45-35(21-25-9-3-1-4-10-25)43-19-7-13-33(43)37-39-29-17-15-27(23-31(29)41-37)28-16-18-30-32(24-28)42-38(40-30)34-14-8-20-44(34)36(46)22-26-11-5-2-6-12-26/h15-18,23-26,33-34H,1-14,19-22H2,(H,39,41)(H,40,42)/t33-,34-/m0/s1. The molecule has 2 saturated heterocycles. The Morgan fingerprint density at radius 1 is 0.587 bits per heavy atom. The predicted octanol–water partition coefficient (Wildman–Crippen LogP) is 8.37. The number of fused-ring (bicyclic) bond motifs is 2. The van der Waals surface area contributed by atoms with Crippen molar-refractivity contribution in [3.63, 3.8) is 0 Å². The van der Waals surface area contributed by atoms with Crippen LogP contribution < -0.4 is 0 Å². The van der Waals surface area contributed by atoms with Gasteiger partial charge in [-0.05, 0) is 98.6 Å². The SMILES string of the molecule is O=C(CC1CCCCC1)N1CCC[C@H]1c1nc2cc(-c3ccc4[nH]c([C@@H]5CCCN5C(=O)CC5CCCCC5)nc4c3)ccc2[nH]1. The summed E-state index contributed by atoms with van der Waals surface area (Å²) in [6, 6.07) is 12.9. The normalized spacial score (nSPS) is 23.2. The topological polar surface area (TPSA) is 98.0 Å². The lowest BCUT2D eigenvalue weighted by Gasteiger charge is -2.27. The van der Waals surface area contributed by atoms with Gasteiger partial charge in [-0.2, -0.15) is 0 Å². The molecule has 0 spiro atoms. The number of rotatable bonds is 7. The summed E-state index contributed by atoms with van der Waals surface area (Å²) in [6.07, 6.45) is 17.8. The van der Waals surface area contributed by atoms with E-state index >= 15 is 0 Å². The third-order valence-electron chi connectivity index (χ3n) is 11.5. The average Bonchev–Trinajstić information content (AvgIpc) is 3.90. The summed E-state index contributed by atoms with van der Waals surface area (Å²) < 4.78 is 0. The molecule has 46 heavy (non-hydrogen) atoms. The summed E-state index contributed by atoms with van der Waals surface area (Å²) in [5.74, 6) is 3.53. The van der Waals surface area contributed by atoms with Crippen molar-refractivity contribution >= 4 is 33.9 Å². The first-order valence-electron chi connectivity index (χ1n) is 18.2. The minimum atomic E-state index is 0.0375. The molecule has 2 aromatic carbocycles. The highest BCUT2D eigenvalue weighted by Gasteiger charge is 2.34. The highest BCUT2D eigenvalue weighted by atomic mass is 16.2. The van der Waals surface area contributed by atoms with Gasteiger partial charge in [0.2, 0.25) is 11.8 Å². The van der Waals surface area contributed by atoms with Crippen LogP contribution in [0.5, 0.6) is 0 Å². The molecule has 2 amide bonds. The Morgan fingerprint density at radius 3 is 1.46 bits per heavy atom. The third-order valence-corrected chi connectivity index (χ3v) is 11.5. The summed E-state index contributed by atoms with van der Waals surface area (Å²) in [5.41, 5.74) is 6.07. The first kappa shape index (κ1) is 29.7. The van der Waals surface area contributed by atoms with Crippen LogP contribution in [-0.2, 0) is 9.59 Å². The number of H-pyrrole nitrogens is 2. The van der Waals surface area contributed by atoms with E-state index in [-0.39, 0.29) is 12.1 Å². The van der Waals surface area contributed by atoms with Crippen LogP contribution in [0.3, 0.4) is 0 Å². The number of carbonyl (C=O) groups excluding carboxylic acids is 2. The first-order valence-corrected chi connectivity index (χ1v) is 18.2. The van der Waals surface area contributed by atoms with Crippen molar-refractivity contribution < 1.29 is 9.59 Å². The molecule has 2 saturated carbocycles. The van der Waals surface area contributed by atoms with Crippen molar-refractivity contribution in [2.45, 2.75) is 115 Å². The first-order chi connectivity index (χ1) is 22.6.